The van der Waals surface area contributed by atoms with E-state index in [1.54, 1.807) is 49.8 Å². The Morgan fingerprint density at radius 2 is 1.37 bits per heavy atom. The number of H-pyrrole nitrogens is 1. The van der Waals surface area contributed by atoms with Crippen molar-refractivity contribution < 1.29 is 38.5 Å². The summed E-state index contributed by atoms with van der Waals surface area (Å²) in [7, 11) is 0. The minimum absolute atomic E-state index is 0. The minimum atomic E-state index is -0.864. The third-order valence-electron chi connectivity index (χ3n) is 13.5. The van der Waals surface area contributed by atoms with E-state index in [-0.39, 0.29) is 42.9 Å². The predicted molar refractivity (Wildman–Crippen MR) is 373 cm³/mol. The number of ketones is 1. The number of aliphatic imine (C=N–C) groups is 1. The number of carboxylic acids is 1. The molecule has 0 radical (unpaired) electrons. The number of ether oxygens (including phenoxy) is 3. The van der Waals surface area contributed by atoms with Crippen LogP contribution in [0.4, 0.5) is 32.6 Å². The fourth-order valence-corrected chi connectivity index (χ4v) is 11.2. The highest BCUT2D eigenvalue weighted by molar-refractivity contribution is 9.10. The smallest absolute Gasteiger partial charge is 0.435 e. The largest absolute Gasteiger partial charge is 0.477 e. The number of nitrogens with zero attached hydrogens (tertiary/aromatic N) is 8. The highest BCUT2D eigenvalue weighted by Crippen LogP contribution is 2.48. The minimum Gasteiger partial charge on any atom is -0.477 e. The number of aromatic nitrogens is 7. The van der Waals surface area contributed by atoms with Crippen LogP contribution in [0.25, 0.3) is 37.5 Å². The van der Waals surface area contributed by atoms with Gasteiger partial charge in [-0.1, -0.05) is 83.5 Å². The van der Waals surface area contributed by atoms with E-state index in [0.29, 0.717) is 39.2 Å². The first kappa shape index (κ1) is 72.4. The van der Waals surface area contributed by atoms with Gasteiger partial charge >= 0.3 is 18.2 Å². The van der Waals surface area contributed by atoms with Crippen molar-refractivity contribution in [3.05, 3.63) is 163 Å². The molecule has 0 bridgehead atoms. The quantitative estimate of drug-likeness (QED) is 0.0733. The molecular weight excluding hydrogens is 1350 g/mol. The molecule has 1 spiro atoms. The SMILES string of the molecule is C.C.CC(=O)c1cc2ccc(Br)cc2[nH]1.CC(C)(C)OC(=O)N1CC2(CCC2)C1.CC(C)(C)OC(=O)n1ncc2cc(Nc3ccnc(Cl)n3)ccc21.Clc1nccc(Nc2ccc(C3=CCN=C3)cc2)n1.NC1CCOC1.O=C(O)c1cc2ccc(Br)cc2s1. The van der Waals surface area contributed by atoms with E-state index in [0.717, 1.165) is 97.1 Å². The summed E-state index contributed by atoms with van der Waals surface area (Å²) in [4.78, 5) is 70.7. The first-order chi connectivity index (χ1) is 42.3. The van der Waals surface area contributed by atoms with Crippen LogP contribution in [0.15, 0.2) is 142 Å². The number of carbonyl (C=O) groups excluding carboxylic acids is 3. The number of amides is 1. The molecule has 8 heterocycles. The molecule has 1 saturated carbocycles. The van der Waals surface area contributed by atoms with Crippen molar-refractivity contribution in [2.75, 3.05) is 43.5 Å². The fourth-order valence-electron chi connectivity index (χ4n) is 9.12. The number of fused-ring (bicyclic) bond motifs is 3. The number of allylic oxidation sites excluding steroid dienone is 1. The summed E-state index contributed by atoms with van der Waals surface area (Å²) in [5.74, 6) is 0.452. The molecule has 3 fully saturated rings. The van der Waals surface area contributed by atoms with Crippen LogP contribution < -0.4 is 16.4 Å². The number of nitrogens with two attached hydrogens (primary N) is 1. The van der Waals surface area contributed by atoms with Gasteiger partial charge in [-0.3, -0.25) is 9.79 Å². The Bertz CT molecular complexity index is 3920. The third-order valence-corrected chi connectivity index (χ3v) is 16.0. The molecule has 4 aliphatic rings. The van der Waals surface area contributed by atoms with Gasteiger partial charge in [-0.2, -0.15) is 9.78 Å². The number of thiophene rings is 1. The number of aromatic carboxylic acids is 1. The summed E-state index contributed by atoms with van der Waals surface area (Å²) < 4.78 is 19.8. The van der Waals surface area contributed by atoms with E-state index in [1.165, 1.54) is 35.3 Å². The number of aromatic amines is 1. The monoisotopic (exact) mass is 1420 g/mol. The number of Topliss-reactive ketones (excluding diaryl/α,β-unsaturated/α-hetero) is 1. The molecule has 6 N–H and O–H groups in total. The molecule has 9 aromatic rings. The summed E-state index contributed by atoms with van der Waals surface area (Å²) in [6.45, 7) is 16.9. The molecule has 1 unspecified atom stereocenters. The number of carbonyl (C=O) groups is 4. The Balaban J connectivity index is 0.000000179. The summed E-state index contributed by atoms with van der Waals surface area (Å²) in [5, 5.41) is 22.4. The second-order valence-corrected chi connectivity index (χ2v) is 26.7. The Morgan fingerprint density at radius 3 is 1.90 bits per heavy atom. The number of benzene rings is 4. The van der Waals surface area contributed by atoms with E-state index in [4.69, 9.17) is 48.3 Å². The average molecular weight is 1430 g/mol. The maximum absolute atomic E-state index is 12.2. The van der Waals surface area contributed by atoms with Gasteiger partial charge in [0.2, 0.25) is 10.6 Å². The molecule has 91 heavy (non-hydrogen) atoms. The Labute approximate surface area is 560 Å². The highest BCUT2D eigenvalue weighted by Gasteiger charge is 2.50. The van der Waals surface area contributed by atoms with Crippen molar-refractivity contribution in [3.8, 4) is 0 Å². The maximum Gasteiger partial charge on any atom is 0.435 e. The zero-order valence-corrected chi connectivity index (χ0v) is 55.5. The lowest BCUT2D eigenvalue weighted by Gasteiger charge is -2.55. The topological polar surface area (TPSA) is 267 Å². The highest BCUT2D eigenvalue weighted by atomic mass is 79.9. The molecule has 25 heteroatoms. The van der Waals surface area contributed by atoms with Crippen LogP contribution in [0.1, 0.15) is 115 Å². The summed E-state index contributed by atoms with van der Waals surface area (Å²) in [6.07, 6.45) is 13.1. The van der Waals surface area contributed by atoms with Crippen LogP contribution in [0.3, 0.4) is 0 Å². The van der Waals surface area contributed by atoms with Crippen molar-refractivity contribution in [1.82, 2.24) is 39.6 Å². The fraction of sp³-hybridized carbons (Fsp3) is 0.333. The number of hydrogen-bond donors (Lipinski definition) is 5. The van der Waals surface area contributed by atoms with Gasteiger partial charge in [0, 0.05) is 98.0 Å². The summed E-state index contributed by atoms with van der Waals surface area (Å²) in [6, 6.07) is 32.5. The Kier molecular flexibility index (Phi) is 25.9. The van der Waals surface area contributed by atoms with Crippen LogP contribution in [-0.2, 0) is 14.2 Å². The molecule has 1 amide bonds. The van der Waals surface area contributed by atoms with Gasteiger partial charge in [0.15, 0.2) is 5.78 Å². The number of nitrogens with one attached hydrogen (secondary N) is 3. The van der Waals surface area contributed by atoms with E-state index >= 15 is 0 Å². The molecule has 1 atom stereocenters. The average Bonchev–Trinajstić information content (AvgIpc) is 1.76. The normalized spacial score (nSPS) is 14.8. The lowest BCUT2D eigenvalue weighted by atomic mass is 9.64. The predicted octanol–water partition coefficient (Wildman–Crippen LogP) is 17.3. The molecule has 1 aliphatic carbocycles. The summed E-state index contributed by atoms with van der Waals surface area (Å²) in [5.41, 5.74) is 11.3. The van der Waals surface area contributed by atoms with Gasteiger partial charge in [0.1, 0.15) is 27.7 Å². The third kappa shape index (κ3) is 21.8. The van der Waals surface area contributed by atoms with Crippen LogP contribution in [0.2, 0.25) is 10.6 Å². The van der Waals surface area contributed by atoms with Gasteiger partial charge in [-0.05, 0) is 179 Å². The summed E-state index contributed by atoms with van der Waals surface area (Å²) >= 11 is 19.5. The molecule has 5 aromatic heterocycles. The first-order valence-corrected chi connectivity index (χ1v) is 31.5. The number of rotatable bonds is 7. The van der Waals surface area contributed by atoms with Gasteiger partial charge in [0.05, 0.1) is 30.6 Å². The molecule has 4 aromatic carbocycles. The van der Waals surface area contributed by atoms with Crippen molar-refractivity contribution in [2.24, 2.45) is 16.1 Å². The van der Waals surface area contributed by atoms with E-state index in [1.807, 2.05) is 132 Å². The van der Waals surface area contributed by atoms with Crippen LogP contribution in [0.5, 0.6) is 0 Å². The van der Waals surface area contributed by atoms with Crippen LogP contribution >= 0.6 is 66.4 Å². The second kappa shape index (κ2) is 32.6. The van der Waals surface area contributed by atoms with Gasteiger partial charge in [0.25, 0.3) is 0 Å². The number of carboxylic acid groups (broad SMARTS) is 1. The molecule has 2 saturated heterocycles. The van der Waals surface area contributed by atoms with Crippen molar-refractivity contribution in [3.63, 3.8) is 0 Å². The van der Waals surface area contributed by atoms with Gasteiger partial charge in [-0.15, -0.1) is 11.3 Å². The van der Waals surface area contributed by atoms with Crippen LogP contribution in [-0.4, -0.2) is 125 Å². The standard InChI is InChI=1S/C16H16ClN5O2.C14H11ClN4.C11H19NO2.C10H8BrNO.C9H5BrO2S.C4H9NO.2CH4/c1-16(2,3)24-15(23)22-12-5-4-11(8-10(12)9-19-22)20-13-6-7-18-14(17)21-13;15-14-17-8-6-13(19-14)18-12-3-1-10(2-4-12)11-5-7-16-9-11;1-10(2,3)14-9(13)12-7-11(8-12)5-4-6-11;1-6(13)9-4-7-2-3-8(11)5-10(7)12-9;10-6-2-1-5-3-8(9(11)12)13-7(5)4-6;5-4-1-2-6-3-4;;/h4-9H,1-3H3,(H,18,20,21);1-6,8-9H,7H2,(H,17,18,19);4-8H2,1-3H3;2-5,12H,1H3;1-4H,(H,11,12);4H,1-3,5H2;2*1H4. The zero-order chi connectivity index (χ0) is 64.0. The number of anilines is 4. The Hall–Kier alpha value is -7.64. The van der Waals surface area contributed by atoms with E-state index in [2.05, 4.69) is 83.6 Å². The maximum atomic E-state index is 12.2. The van der Waals surface area contributed by atoms with E-state index in [9.17, 15) is 19.2 Å². The van der Waals surface area contributed by atoms with E-state index < -0.39 is 17.7 Å². The molecule has 13 rings (SSSR count). The Morgan fingerprint density at radius 1 is 0.769 bits per heavy atom. The lowest BCUT2D eigenvalue weighted by molar-refractivity contribution is -0.0690. The van der Waals surface area contributed by atoms with Crippen molar-refractivity contribution in [2.45, 2.75) is 106 Å². The number of halogens is 4. The second-order valence-electron chi connectivity index (χ2n) is 23.1. The number of hydrogen-bond acceptors (Lipinski definition) is 17. The molecule has 3 aliphatic heterocycles. The zero-order valence-electron chi connectivity index (χ0n) is 50.0. The van der Waals surface area contributed by atoms with Gasteiger partial charge < -0.3 is 45.6 Å². The molecular formula is C66H76Br2Cl2N12O8S. The van der Waals surface area contributed by atoms with Crippen molar-refractivity contribution >= 4 is 157 Å². The molecule has 482 valence electrons. The molecule has 20 nitrogen and oxygen atoms in total. The van der Waals surface area contributed by atoms with Crippen LogP contribution in [0, 0.1) is 5.41 Å². The number of likely N-dealkylation sites (tertiary alicyclic amines) is 1. The van der Waals surface area contributed by atoms with Gasteiger partial charge in [-0.25, -0.2) is 34.3 Å². The lowest BCUT2D eigenvalue weighted by Crippen LogP contribution is -2.62. The first-order valence-electron chi connectivity index (χ1n) is 28.3. The van der Waals surface area contributed by atoms with Crippen molar-refractivity contribution in [1.29, 1.82) is 0 Å².